The van der Waals surface area contributed by atoms with Gasteiger partial charge >= 0.3 is 0 Å². The Morgan fingerprint density at radius 3 is 2.60 bits per heavy atom. The van der Waals surface area contributed by atoms with Crippen molar-refractivity contribution in [1.82, 2.24) is 19.5 Å². The van der Waals surface area contributed by atoms with Crippen molar-refractivity contribution < 1.29 is 13.9 Å². The minimum absolute atomic E-state index is 0.0614. The Morgan fingerprint density at radius 2 is 1.90 bits per heavy atom. The number of nitrogens with zero attached hydrogens (tertiary/aromatic N) is 4. The van der Waals surface area contributed by atoms with Crippen LogP contribution in [-0.2, 0) is 6.54 Å². The van der Waals surface area contributed by atoms with Crippen LogP contribution in [-0.4, -0.2) is 24.6 Å². The molecule has 152 valence electrons. The van der Waals surface area contributed by atoms with E-state index in [1.165, 1.54) is 35.1 Å². The van der Waals surface area contributed by atoms with E-state index < -0.39 is 17.3 Å². The number of halogens is 2. The molecule has 4 aromatic rings. The Bertz CT molecular complexity index is 1320. The molecule has 1 aromatic carbocycles. The van der Waals surface area contributed by atoms with Gasteiger partial charge in [-0.3, -0.25) is 9.36 Å². The smallest absolute Gasteiger partial charge is 0.277 e. The molecule has 0 spiro atoms. The third-order valence-corrected chi connectivity index (χ3v) is 5.43. The highest BCUT2D eigenvalue weighted by Gasteiger charge is 2.16. The maximum absolute atomic E-state index is 14.9. The quantitative estimate of drug-likeness (QED) is 0.498. The highest BCUT2D eigenvalue weighted by atomic mass is 32.1. The number of aromatic hydroxyl groups is 1. The zero-order chi connectivity index (χ0) is 21.4. The molecule has 3 aromatic heterocycles. The van der Waals surface area contributed by atoms with Crippen LogP contribution in [0.2, 0.25) is 0 Å². The molecule has 0 amide bonds. The first-order valence-electron chi connectivity index (χ1n) is 8.96. The zero-order valence-electron chi connectivity index (χ0n) is 16.1. The van der Waals surface area contributed by atoms with E-state index in [1.807, 2.05) is 6.92 Å². The van der Waals surface area contributed by atoms with Gasteiger partial charge in [-0.15, -0.1) is 11.3 Å². The molecule has 0 atom stereocenters. The van der Waals surface area contributed by atoms with Gasteiger partial charge in [0.1, 0.15) is 11.5 Å². The molecule has 4 rings (SSSR count). The van der Waals surface area contributed by atoms with Crippen LogP contribution in [0.15, 0.2) is 46.7 Å². The van der Waals surface area contributed by atoms with Gasteiger partial charge in [-0.05, 0) is 37.1 Å². The molecule has 0 saturated carbocycles. The van der Waals surface area contributed by atoms with Gasteiger partial charge in [0, 0.05) is 22.7 Å². The summed E-state index contributed by atoms with van der Waals surface area (Å²) >= 11 is 1.39. The molecule has 3 heterocycles. The van der Waals surface area contributed by atoms with Crippen molar-refractivity contribution in [3.05, 3.63) is 80.2 Å². The fourth-order valence-electron chi connectivity index (χ4n) is 3.17. The molecular formula is C21H16F2N4O2S. The van der Waals surface area contributed by atoms with E-state index in [-0.39, 0.29) is 29.4 Å². The Hall–Kier alpha value is -3.46. The van der Waals surface area contributed by atoms with Gasteiger partial charge in [-0.1, -0.05) is 12.1 Å². The van der Waals surface area contributed by atoms with E-state index in [4.69, 9.17) is 0 Å². The largest absolute Gasteiger partial charge is 0.494 e. The van der Waals surface area contributed by atoms with Crippen LogP contribution in [0.1, 0.15) is 16.1 Å². The summed E-state index contributed by atoms with van der Waals surface area (Å²) < 4.78 is 30.0. The molecule has 30 heavy (non-hydrogen) atoms. The van der Waals surface area contributed by atoms with Crippen LogP contribution in [0.5, 0.6) is 5.88 Å². The first kappa shape index (κ1) is 19.8. The van der Waals surface area contributed by atoms with E-state index in [1.54, 1.807) is 23.6 Å². The number of rotatable bonds is 4. The molecule has 9 heteroatoms. The SMILES string of the molecule is Cc1nc(-c2nc(=O)cc(O)n2Cc2ccc(-c3ccnc(F)c3C)c(F)c2)cs1. The van der Waals surface area contributed by atoms with E-state index in [0.717, 1.165) is 11.1 Å². The Morgan fingerprint density at radius 1 is 1.10 bits per heavy atom. The first-order chi connectivity index (χ1) is 14.3. The Balaban J connectivity index is 1.75. The summed E-state index contributed by atoms with van der Waals surface area (Å²) in [4.78, 5) is 23.7. The maximum Gasteiger partial charge on any atom is 0.277 e. The molecule has 0 radical (unpaired) electrons. The van der Waals surface area contributed by atoms with Gasteiger partial charge in [-0.25, -0.2) is 14.4 Å². The van der Waals surface area contributed by atoms with Crippen molar-refractivity contribution in [2.75, 3.05) is 0 Å². The predicted molar refractivity (Wildman–Crippen MR) is 109 cm³/mol. The molecule has 0 aliphatic heterocycles. The van der Waals surface area contributed by atoms with Gasteiger partial charge in [0.05, 0.1) is 17.6 Å². The Kier molecular flexibility index (Phi) is 5.13. The van der Waals surface area contributed by atoms with Gasteiger partial charge < -0.3 is 5.11 Å². The second-order valence-electron chi connectivity index (χ2n) is 6.70. The van der Waals surface area contributed by atoms with Gasteiger partial charge in [-0.2, -0.15) is 9.37 Å². The molecular weight excluding hydrogens is 410 g/mol. The minimum atomic E-state index is -0.650. The fourth-order valence-corrected chi connectivity index (χ4v) is 3.76. The number of benzene rings is 1. The molecule has 0 aliphatic carbocycles. The molecule has 0 unspecified atom stereocenters. The lowest BCUT2D eigenvalue weighted by Crippen LogP contribution is -2.15. The predicted octanol–water partition coefficient (Wildman–Crippen LogP) is 4.08. The summed E-state index contributed by atoms with van der Waals surface area (Å²) in [7, 11) is 0. The lowest BCUT2D eigenvalue weighted by molar-refractivity contribution is 0.417. The molecule has 1 N–H and O–H groups in total. The van der Waals surface area contributed by atoms with Crippen molar-refractivity contribution in [3.8, 4) is 28.5 Å². The average molecular weight is 426 g/mol. The highest BCUT2D eigenvalue weighted by molar-refractivity contribution is 7.09. The molecule has 0 bridgehead atoms. The number of aromatic nitrogens is 4. The van der Waals surface area contributed by atoms with Crippen molar-refractivity contribution in [2.45, 2.75) is 20.4 Å². The van der Waals surface area contributed by atoms with Crippen LogP contribution in [0.4, 0.5) is 8.78 Å². The third kappa shape index (κ3) is 3.71. The molecule has 6 nitrogen and oxygen atoms in total. The summed E-state index contributed by atoms with van der Waals surface area (Å²) in [5, 5.41) is 12.8. The van der Waals surface area contributed by atoms with Crippen LogP contribution >= 0.6 is 11.3 Å². The number of aryl methyl sites for hydroxylation is 1. The van der Waals surface area contributed by atoms with E-state index in [0.29, 0.717) is 16.8 Å². The maximum atomic E-state index is 14.9. The van der Waals surface area contributed by atoms with Crippen molar-refractivity contribution >= 4 is 11.3 Å². The molecule has 0 aliphatic rings. The fraction of sp³-hybridized carbons (Fsp3) is 0.143. The third-order valence-electron chi connectivity index (χ3n) is 4.66. The summed E-state index contributed by atoms with van der Waals surface area (Å²) in [5.41, 5.74) is 1.30. The summed E-state index contributed by atoms with van der Waals surface area (Å²) in [6, 6.07) is 7.07. The summed E-state index contributed by atoms with van der Waals surface area (Å²) in [6.45, 7) is 3.42. The number of thiazole rings is 1. The van der Waals surface area contributed by atoms with Crippen LogP contribution in [0.25, 0.3) is 22.6 Å². The normalized spacial score (nSPS) is 11.1. The number of hydrogen-bond donors (Lipinski definition) is 1. The van der Waals surface area contributed by atoms with E-state index in [9.17, 15) is 18.7 Å². The van der Waals surface area contributed by atoms with Crippen LogP contribution in [0, 0.1) is 25.6 Å². The van der Waals surface area contributed by atoms with Gasteiger partial charge in [0.15, 0.2) is 11.7 Å². The standard InChI is InChI=1S/C21H16F2N4O2S/c1-11-14(5-6-24-20(11)23)15-4-3-13(7-16(15)22)9-27-19(29)8-18(28)26-21(27)17-10-30-12(2)25-17/h3-8,10,29H,9H2,1-2H3. The number of hydrogen-bond acceptors (Lipinski definition) is 6. The highest BCUT2D eigenvalue weighted by Crippen LogP contribution is 2.29. The lowest BCUT2D eigenvalue weighted by Gasteiger charge is -2.14. The van der Waals surface area contributed by atoms with E-state index in [2.05, 4.69) is 15.0 Å². The van der Waals surface area contributed by atoms with Crippen LogP contribution in [0.3, 0.4) is 0 Å². The summed E-state index contributed by atoms with van der Waals surface area (Å²) in [6.07, 6.45) is 1.29. The average Bonchev–Trinajstić information content (AvgIpc) is 3.13. The monoisotopic (exact) mass is 426 g/mol. The van der Waals surface area contributed by atoms with E-state index >= 15 is 0 Å². The topological polar surface area (TPSA) is 80.9 Å². The van der Waals surface area contributed by atoms with Gasteiger partial charge in [0.25, 0.3) is 5.56 Å². The van der Waals surface area contributed by atoms with Gasteiger partial charge in [0.2, 0.25) is 5.95 Å². The van der Waals surface area contributed by atoms with Crippen molar-refractivity contribution in [3.63, 3.8) is 0 Å². The van der Waals surface area contributed by atoms with Crippen molar-refractivity contribution in [1.29, 1.82) is 0 Å². The van der Waals surface area contributed by atoms with Crippen LogP contribution < -0.4 is 5.56 Å². The Labute approximate surface area is 174 Å². The summed E-state index contributed by atoms with van der Waals surface area (Å²) in [5.74, 6) is -1.29. The number of pyridine rings is 1. The minimum Gasteiger partial charge on any atom is -0.494 e. The zero-order valence-corrected chi connectivity index (χ0v) is 16.9. The van der Waals surface area contributed by atoms with Crippen molar-refractivity contribution in [2.24, 2.45) is 0 Å². The second kappa shape index (κ2) is 7.75. The second-order valence-corrected chi connectivity index (χ2v) is 7.76. The first-order valence-corrected chi connectivity index (χ1v) is 9.84. The molecule has 0 fully saturated rings. The lowest BCUT2D eigenvalue weighted by atomic mass is 10.0. The molecule has 0 saturated heterocycles.